The maximum absolute atomic E-state index is 12.0. The van der Waals surface area contributed by atoms with Crippen molar-refractivity contribution in [2.45, 2.75) is 56.7 Å². The Kier molecular flexibility index (Phi) is 5.41. The predicted octanol–water partition coefficient (Wildman–Crippen LogP) is 1.17. The molecule has 2 aliphatic rings. The summed E-state index contributed by atoms with van der Waals surface area (Å²) in [5, 5.41) is 3.45. The Morgan fingerprint density at radius 3 is 2.65 bits per heavy atom. The lowest BCUT2D eigenvalue weighted by atomic mass is 9.95. The van der Waals surface area contributed by atoms with E-state index < -0.39 is 5.54 Å². The molecule has 20 heavy (non-hydrogen) atoms. The van der Waals surface area contributed by atoms with Gasteiger partial charge in [-0.15, -0.1) is 0 Å². The molecule has 2 rings (SSSR count). The molecule has 5 nitrogen and oxygen atoms in total. The van der Waals surface area contributed by atoms with Gasteiger partial charge in [0.2, 0.25) is 0 Å². The SMILES string of the molecule is COC(=O)C(C)(CCCN1CCC(OC)C1)NC1CC1. The fourth-order valence-electron chi connectivity index (χ4n) is 2.99. The largest absolute Gasteiger partial charge is 0.468 e. The molecular weight excluding hydrogens is 256 g/mol. The Morgan fingerprint density at radius 1 is 1.35 bits per heavy atom. The minimum absolute atomic E-state index is 0.138. The van der Waals surface area contributed by atoms with Crippen LogP contribution >= 0.6 is 0 Å². The summed E-state index contributed by atoms with van der Waals surface area (Å²) in [6, 6.07) is 0.503. The normalized spacial score (nSPS) is 26.4. The van der Waals surface area contributed by atoms with E-state index in [-0.39, 0.29) is 5.97 Å². The third-order valence-electron chi connectivity index (χ3n) is 4.45. The molecule has 116 valence electrons. The molecule has 2 fully saturated rings. The highest BCUT2D eigenvalue weighted by Gasteiger charge is 2.39. The van der Waals surface area contributed by atoms with E-state index in [1.54, 1.807) is 7.11 Å². The molecule has 1 saturated carbocycles. The highest BCUT2D eigenvalue weighted by atomic mass is 16.5. The summed E-state index contributed by atoms with van der Waals surface area (Å²) in [7, 11) is 3.25. The van der Waals surface area contributed by atoms with Gasteiger partial charge in [-0.3, -0.25) is 10.1 Å². The van der Waals surface area contributed by atoms with E-state index in [1.807, 2.05) is 6.92 Å². The van der Waals surface area contributed by atoms with Gasteiger partial charge in [-0.05, 0) is 45.6 Å². The average Bonchev–Trinajstić information content (AvgIpc) is 3.13. The van der Waals surface area contributed by atoms with E-state index >= 15 is 0 Å². The fraction of sp³-hybridized carbons (Fsp3) is 0.933. The molecule has 1 heterocycles. The van der Waals surface area contributed by atoms with Gasteiger partial charge in [0.15, 0.2) is 0 Å². The smallest absolute Gasteiger partial charge is 0.325 e. The number of carbonyl (C=O) groups is 1. The first-order valence-corrected chi connectivity index (χ1v) is 7.68. The van der Waals surface area contributed by atoms with Crippen molar-refractivity contribution in [1.82, 2.24) is 10.2 Å². The summed E-state index contributed by atoms with van der Waals surface area (Å²) in [6.07, 6.45) is 5.67. The zero-order chi connectivity index (χ0) is 14.6. The number of carbonyl (C=O) groups excluding carboxylic acids is 1. The van der Waals surface area contributed by atoms with Crippen LogP contribution in [0.25, 0.3) is 0 Å². The average molecular weight is 284 g/mol. The lowest BCUT2D eigenvalue weighted by Gasteiger charge is -2.29. The van der Waals surface area contributed by atoms with Gasteiger partial charge in [0.05, 0.1) is 13.2 Å². The molecule has 2 atom stereocenters. The van der Waals surface area contributed by atoms with Crippen LogP contribution < -0.4 is 5.32 Å². The van der Waals surface area contributed by atoms with Gasteiger partial charge in [0.1, 0.15) is 5.54 Å². The van der Waals surface area contributed by atoms with Crippen LogP contribution in [0.15, 0.2) is 0 Å². The molecule has 1 N–H and O–H groups in total. The number of nitrogens with zero attached hydrogens (tertiary/aromatic N) is 1. The summed E-state index contributed by atoms with van der Waals surface area (Å²) < 4.78 is 10.3. The maximum Gasteiger partial charge on any atom is 0.325 e. The molecule has 5 heteroatoms. The third-order valence-corrected chi connectivity index (χ3v) is 4.45. The van der Waals surface area contributed by atoms with Crippen molar-refractivity contribution in [1.29, 1.82) is 0 Å². The number of hydrogen-bond donors (Lipinski definition) is 1. The summed E-state index contributed by atoms with van der Waals surface area (Å²) in [6.45, 7) is 5.11. The number of hydrogen-bond acceptors (Lipinski definition) is 5. The molecule has 0 spiro atoms. The number of likely N-dealkylation sites (tertiary alicyclic amines) is 1. The molecule has 0 bridgehead atoms. The van der Waals surface area contributed by atoms with Crippen molar-refractivity contribution in [3.05, 3.63) is 0 Å². The van der Waals surface area contributed by atoms with Crippen LogP contribution in [0.5, 0.6) is 0 Å². The molecule has 1 saturated heterocycles. The van der Waals surface area contributed by atoms with Gasteiger partial charge in [-0.2, -0.15) is 0 Å². The van der Waals surface area contributed by atoms with Crippen LogP contribution in [-0.4, -0.2) is 62.4 Å². The molecular formula is C15H28N2O3. The molecule has 0 aromatic heterocycles. The van der Waals surface area contributed by atoms with Gasteiger partial charge < -0.3 is 14.4 Å². The lowest BCUT2D eigenvalue weighted by Crippen LogP contribution is -2.51. The molecule has 0 amide bonds. The summed E-state index contributed by atoms with van der Waals surface area (Å²) in [5.74, 6) is -0.138. The number of esters is 1. The first-order valence-electron chi connectivity index (χ1n) is 7.68. The van der Waals surface area contributed by atoms with Crippen molar-refractivity contribution in [2.75, 3.05) is 33.9 Å². The Bertz CT molecular complexity index is 333. The predicted molar refractivity (Wildman–Crippen MR) is 77.7 cm³/mol. The molecule has 2 unspecified atom stereocenters. The van der Waals surface area contributed by atoms with Crippen LogP contribution in [0, 0.1) is 0 Å². The Morgan fingerprint density at radius 2 is 2.10 bits per heavy atom. The second-order valence-corrected chi connectivity index (χ2v) is 6.29. The highest BCUT2D eigenvalue weighted by molar-refractivity contribution is 5.80. The van der Waals surface area contributed by atoms with Crippen molar-refractivity contribution in [2.24, 2.45) is 0 Å². The first kappa shape index (κ1) is 15.7. The maximum atomic E-state index is 12.0. The van der Waals surface area contributed by atoms with Crippen LogP contribution in [0.2, 0.25) is 0 Å². The fourth-order valence-corrected chi connectivity index (χ4v) is 2.99. The summed E-state index contributed by atoms with van der Waals surface area (Å²) >= 11 is 0. The third kappa shape index (κ3) is 4.17. The zero-order valence-corrected chi connectivity index (χ0v) is 13.0. The molecule has 1 aliphatic heterocycles. The van der Waals surface area contributed by atoms with Gasteiger partial charge in [-0.25, -0.2) is 0 Å². The van der Waals surface area contributed by atoms with Crippen molar-refractivity contribution in [3.8, 4) is 0 Å². The van der Waals surface area contributed by atoms with Crippen LogP contribution in [0.1, 0.15) is 39.0 Å². The van der Waals surface area contributed by atoms with Crippen molar-refractivity contribution in [3.63, 3.8) is 0 Å². The Hall–Kier alpha value is -0.650. The van der Waals surface area contributed by atoms with E-state index in [9.17, 15) is 4.79 Å². The minimum atomic E-state index is -0.531. The first-order chi connectivity index (χ1) is 9.57. The summed E-state index contributed by atoms with van der Waals surface area (Å²) in [5.41, 5.74) is -0.531. The molecule has 0 aromatic rings. The minimum Gasteiger partial charge on any atom is -0.468 e. The van der Waals surface area contributed by atoms with Crippen molar-refractivity contribution < 1.29 is 14.3 Å². The van der Waals surface area contributed by atoms with Gasteiger partial charge in [0.25, 0.3) is 0 Å². The van der Waals surface area contributed by atoms with Gasteiger partial charge >= 0.3 is 5.97 Å². The van der Waals surface area contributed by atoms with E-state index in [4.69, 9.17) is 9.47 Å². The molecule has 1 aliphatic carbocycles. The zero-order valence-electron chi connectivity index (χ0n) is 13.0. The van der Waals surface area contributed by atoms with E-state index in [0.717, 1.165) is 38.9 Å². The van der Waals surface area contributed by atoms with Gasteiger partial charge in [-0.1, -0.05) is 0 Å². The number of ether oxygens (including phenoxy) is 2. The number of methoxy groups -OCH3 is 2. The van der Waals surface area contributed by atoms with Crippen LogP contribution in [0.4, 0.5) is 0 Å². The Balaban J connectivity index is 1.75. The topological polar surface area (TPSA) is 50.8 Å². The van der Waals surface area contributed by atoms with Crippen LogP contribution in [0.3, 0.4) is 0 Å². The standard InChI is InChI=1S/C15H28N2O3/c1-15(14(18)20-3,16-12-5-6-12)8-4-9-17-10-7-13(11-17)19-2/h12-13,16H,4-11H2,1-3H3. The van der Waals surface area contributed by atoms with E-state index in [1.165, 1.54) is 20.0 Å². The second-order valence-electron chi connectivity index (χ2n) is 6.29. The number of rotatable bonds is 8. The van der Waals surface area contributed by atoms with Crippen molar-refractivity contribution >= 4 is 5.97 Å². The van der Waals surface area contributed by atoms with Crippen LogP contribution in [-0.2, 0) is 14.3 Å². The quantitative estimate of drug-likeness (QED) is 0.678. The monoisotopic (exact) mass is 284 g/mol. The van der Waals surface area contributed by atoms with E-state index in [0.29, 0.717) is 12.1 Å². The molecule has 0 aromatic carbocycles. The molecule has 0 radical (unpaired) electrons. The lowest BCUT2D eigenvalue weighted by molar-refractivity contribution is -0.148. The van der Waals surface area contributed by atoms with Gasteiger partial charge in [0, 0.05) is 26.2 Å². The summed E-state index contributed by atoms with van der Waals surface area (Å²) in [4.78, 5) is 14.4. The number of nitrogens with one attached hydrogen (secondary N) is 1. The highest BCUT2D eigenvalue weighted by Crippen LogP contribution is 2.26. The Labute approximate surface area is 122 Å². The van der Waals surface area contributed by atoms with E-state index in [2.05, 4.69) is 10.2 Å². The second kappa shape index (κ2) is 6.87.